The highest BCUT2D eigenvalue weighted by molar-refractivity contribution is 6.08. The molecular weight excluding hydrogens is 345 g/mol. The van der Waals surface area contributed by atoms with Crippen LogP contribution >= 0.6 is 0 Å². The van der Waals surface area contributed by atoms with Gasteiger partial charge in [-0.05, 0) is 67.4 Å². The monoisotopic (exact) mass is 363 g/mol. The zero-order chi connectivity index (χ0) is 19.4. The summed E-state index contributed by atoms with van der Waals surface area (Å²) < 4.78 is 13.0. The second-order valence-corrected chi connectivity index (χ2v) is 6.09. The highest BCUT2D eigenvalue weighted by atomic mass is 19.1. The molecular formula is C21H18FN3O2. The summed E-state index contributed by atoms with van der Waals surface area (Å²) >= 11 is 0. The fourth-order valence-corrected chi connectivity index (χ4v) is 2.51. The first-order valence-corrected chi connectivity index (χ1v) is 8.34. The van der Waals surface area contributed by atoms with Crippen LogP contribution in [0.25, 0.3) is 0 Å². The summed E-state index contributed by atoms with van der Waals surface area (Å²) in [5.41, 5.74) is 3.59. The summed E-state index contributed by atoms with van der Waals surface area (Å²) in [5.74, 6) is -1.20. The molecule has 2 amide bonds. The number of carbonyl (C=O) groups is 2. The first-order valence-electron chi connectivity index (χ1n) is 8.34. The number of aryl methyl sites for hydroxylation is 1. The Hall–Kier alpha value is -3.54. The molecule has 0 unspecified atom stereocenters. The zero-order valence-corrected chi connectivity index (χ0v) is 14.9. The van der Waals surface area contributed by atoms with E-state index >= 15 is 0 Å². The van der Waals surface area contributed by atoms with Gasteiger partial charge in [0.05, 0.1) is 0 Å². The van der Waals surface area contributed by atoms with E-state index in [1.54, 1.807) is 0 Å². The molecule has 1 aromatic heterocycles. The van der Waals surface area contributed by atoms with Gasteiger partial charge in [0, 0.05) is 23.1 Å². The summed E-state index contributed by atoms with van der Waals surface area (Å²) in [6, 6.07) is 14.0. The van der Waals surface area contributed by atoms with Crippen LogP contribution in [-0.2, 0) is 0 Å². The molecule has 0 aliphatic rings. The van der Waals surface area contributed by atoms with E-state index in [0.717, 1.165) is 11.1 Å². The van der Waals surface area contributed by atoms with Gasteiger partial charge in [0.1, 0.15) is 11.5 Å². The average molecular weight is 363 g/mol. The van der Waals surface area contributed by atoms with Gasteiger partial charge in [0.25, 0.3) is 11.8 Å². The SMILES string of the molecule is Cc1cccc(NC(=O)c2cc(C(=O)Nc3ccc(F)cc3)ccn2)c1C. The Morgan fingerprint density at radius 3 is 2.41 bits per heavy atom. The molecule has 0 radical (unpaired) electrons. The molecule has 0 bridgehead atoms. The first kappa shape index (κ1) is 18.3. The maximum absolute atomic E-state index is 13.0. The van der Waals surface area contributed by atoms with E-state index in [1.165, 1.54) is 42.6 Å². The Balaban J connectivity index is 1.76. The van der Waals surface area contributed by atoms with Crippen LogP contribution in [0.4, 0.5) is 15.8 Å². The third kappa shape index (κ3) is 4.36. The molecule has 136 valence electrons. The lowest BCUT2D eigenvalue weighted by atomic mass is 10.1. The number of amides is 2. The summed E-state index contributed by atoms with van der Waals surface area (Å²) in [6.45, 7) is 3.88. The van der Waals surface area contributed by atoms with Gasteiger partial charge < -0.3 is 10.6 Å². The number of nitrogens with zero attached hydrogens (tertiary/aromatic N) is 1. The van der Waals surface area contributed by atoms with Crippen LogP contribution in [0.15, 0.2) is 60.8 Å². The van der Waals surface area contributed by atoms with Crippen LogP contribution in [0.3, 0.4) is 0 Å². The third-order valence-electron chi connectivity index (χ3n) is 4.21. The van der Waals surface area contributed by atoms with E-state index in [4.69, 9.17) is 0 Å². The summed E-state index contributed by atoms with van der Waals surface area (Å²) in [6.07, 6.45) is 1.40. The van der Waals surface area contributed by atoms with Gasteiger partial charge in [0.2, 0.25) is 0 Å². The Morgan fingerprint density at radius 1 is 0.926 bits per heavy atom. The van der Waals surface area contributed by atoms with E-state index in [2.05, 4.69) is 15.6 Å². The van der Waals surface area contributed by atoms with Crippen molar-refractivity contribution >= 4 is 23.2 Å². The van der Waals surface area contributed by atoms with Crippen molar-refractivity contribution in [2.24, 2.45) is 0 Å². The smallest absolute Gasteiger partial charge is 0.274 e. The summed E-state index contributed by atoms with van der Waals surface area (Å²) in [4.78, 5) is 28.9. The molecule has 1 heterocycles. The number of rotatable bonds is 4. The Morgan fingerprint density at radius 2 is 1.67 bits per heavy atom. The molecule has 5 nitrogen and oxygen atoms in total. The Bertz CT molecular complexity index is 1000. The fraction of sp³-hybridized carbons (Fsp3) is 0.0952. The number of halogens is 1. The highest BCUT2D eigenvalue weighted by Gasteiger charge is 2.13. The van der Waals surface area contributed by atoms with Gasteiger partial charge in [-0.2, -0.15) is 0 Å². The molecule has 0 saturated heterocycles. The summed E-state index contributed by atoms with van der Waals surface area (Å²) in [7, 11) is 0. The molecule has 0 spiro atoms. The van der Waals surface area contributed by atoms with E-state index < -0.39 is 11.8 Å². The molecule has 0 aliphatic carbocycles. The molecule has 2 N–H and O–H groups in total. The average Bonchev–Trinajstić information content (AvgIpc) is 2.67. The maximum Gasteiger partial charge on any atom is 0.274 e. The lowest BCUT2D eigenvalue weighted by molar-refractivity contribution is 0.102. The number of carbonyl (C=O) groups excluding carboxylic acids is 2. The second-order valence-electron chi connectivity index (χ2n) is 6.09. The van der Waals surface area contributed by atoms with Crippen molar-refractivity contribution in [2.45, 2.75) is 13.8 Å². The van der Waals surface area contributed by atoms with E-state index in [9.17, 15) is 14.0 Å². The van der Waals surface area contributed by atoms with Gasteiger partial charge in [-0.3, -0.25) is 14.6 Å². The Labute approximate surface area is 156 Å². The van der Waals surface area contributed by atoms with Gasteiger partial charge in [-0.15, -0.1) is 0 Å². The van der Waals surface area contributed by atoms with Crippen molar-refractivity contribution in [3.05, 3.63) is 89.0 Å². The molecule has 27 heavy (non-hydrogen) atoms. The second kappa shape index (κ2) is 7.78. The summed E-state index contributed by atoms with van der Waals surface area (Å²) in [5, 5.41) is 5.47. The predicted molar refractivity (Wildman–Crippen MR) is 102 cm³/mol. The van der Waals surface area contributed by atoms with Crippen molar-refractivity contribution in [2.75, 3.05) is 10.6 Å². The van der Waals surface area contributed by atoms with Crippen LogP contribution in [0.5, 0.6) is 0 Å². The molecule has 6 heteroatoms. The predicted octanol–water partition coefficient (Wildman–Crippen LogP) is 4.34. The van der Waals surface area contributed by atoms with Crippen molar-refractivity contribution in [3.8, 4) is 0 Å². The first-order chi connectivity index (χ1) is 12.9. The molecule has 0 atom stereocenters. The van der Waals surface area contributed by atoms with Crippen LogP contribution in [0.1, 0.15) is 32.0 Å². The molecule has 0 saturated carbocycles. The maximum atomic E-state index is 13.0. The van der Waals surface area contributed by atoms with Crippen LogP contribution < -0.4 is 10.6 Å². The molecule has 2 aromatic carbocycles. The number of benzene rings is 2. The number of hydrogen-bond acceptors (Lipinski definition) is 3. The number of aromatic nitrogens is 1. The molecule has 0 aliphatic heterocycles. The number of pyridine rings is 1. The minimum absolute atomic E-state index is 0.127. The quantitative estimate of drug-likeness (QED) is 0.724. The van der Waals surface area contributed by atoms with E-state index in [1.807, 2.05) is 32.0 Å². The van der Waals surface area contributed by atoms with Crippen molar-refractivity contribution in [3.63, 3.8) is 0 Å². The number of nitrogens with one attached hydrogen (secondary N) is 2. The minimum atomic E-state index is -0.412. The normalized spacial score (nSPS) is 10.3. The highest BCUT2D eigenvalue weighted by Crippen LogP contribution is 2.19. The van der Waals surface area contributed by atoms with Crippen molar-refractivity contribution in [1.29, 1.82) is 0 Å². The van der Waals surface area contributed by atoms with Gasteiger partial charge >= 0.3 is 0 Å². The molecule has 3 rings (SSSR count). The topological polar surface area (TPSA) is 71.1 Å². The van der Waals surface area contributed by atoms with Gasteiger partial charge in [-0.25, -0.2) is 4.39 Å². The number of anilines is 2. The third-order valence-corrected chi connectivity index (χ3v) is 4.21. The van der Waals surface area contributed by atoms with E-state index in [-0.39, 0.29) is 17.1 Å². The minimum Gasteiger partial charge on any atom is -0.322 e. The van der Waals surface area contributed by atoms with Crippen LogP contribution in [-0.4, -0.2) is 16.8 Å². The van der Waals surface area contributed by atoms with Crippen LogP contribution in [0.2, 0.25) is 0 Å². The molecule has 3 aromatic rings. The van der Waals surface area contributed by atoms with Gasteiger partial charge in [0.15, 0.2) is 0 Å². The Kier molecular flexibility index (Phi) is 5.26. The van der Waals surface area contributed by atoms with E-state index in [0.29, 0.717) is 11.4 Å². The number of hydrogen-bond donors (Lipinski definition) is 2. The van der Waals surface area contributed by atoms with Gasteiger partial charge in [-0.1, -0.05) is 12.1 Å². The fourth-order valence-electron chi connectivity index (χ4n) is 2.51. The lowest BCUT2D eigenvalue weighted by Gasteiger charge is -2.10. The van der Waals surface area contributed by atoms with Crippen molar-refractivity contribution in [1.82, 2.24) is 4.98 Å². The van der Waals surface area contributed by atoms with Crippen molar-refractivity contribution < 1.29 is 14.0 Å². The zero-order valence-electron chi connectivity index (χ0n) is 14.9. The molecule has 0 fully saturated rings. The van der Waals surface area contributed by atoms with Crippen LogP contribution in [0, 0.1) is 19.7 Å². The standard InChI is InChI=1S/C21H18FN3O2/c1-13-4-3-5-18(14(13)2)25-21(27)19-12-15(10-11-23-19)20(26)24-17-8-6-16(22)7-9-17/h3-12H,1-2H3,(H,24,26)(H,25,27). The lowest BCUT2D eigenvalue weighted by Crippen LogP contribution is -2.17. The largest absolute Gasteiger partial charge is 0.322 e.